The lowest BCUT2D eigenvalue weighted by molar-refractivity contribution is -0.139. The average molecular weight is 498 g/mol. The summed E-state index contributed by atoms with van der Waals surface area (Å²) in [4.78, 5) is 27.5. The standard InChI is InChI=1S/C26H31N3O7/c1-5-35-25(30)23-18(27-26(31)28-24(23)19-7-6-12-36-19)15-29-10-8-16(9-11-29)22-20(33-3)13-17(32-2)14-21(22)34-4/h6-8,12-14,24H,5,9-11,15H2,1-4H3,(H2,27,28,31). The van der Waals surface area contributed by atoms with Gasteiger partial charge in [0.05, 0.1) is 45.3 Å². The lowest BCUT2D eigenvalue weighted by atomic mass is 9.96. The number of hydrogen-bond donors (Lipinski definition) is 2. The van der Waals surface area contributed by atoms with Gasteiger partial charge in [0.15, 0.2) is 0 Å². The zero-order valence-electron chi connectivity index (χ0n) is 20.9. The molecule has 3 heterocycles. The van der Waals surface area contributed by atoms with Gasteiger partial charge in [-0.05, 0) is 31.1 Å². The largest absolute Gasteiger partial charge is 0.496 e. The van der Waals surface area contributed by atoms with Crippen molar-refractivity contribution in [1.82, 2.24) is 15.5 Å². The fourth-order valence-corrected chi connectivity index (χ4v) is 4.49. The molecule has 1 unspecified atom stereocenters. The van der Waals surface area contributed by atoms with Gasteiger partial charge in [-0.25, -0.2) is 9.59 Å². The highest BCUT2D eigenvalue weighted by Gasteiger charge is 2.36. The Kier molecular flexibility index (Phi) is 7.84. The Morgan fingerprint density at radius 1 is 1.17 bits per heavy atom. The quantitative estimate of drug-likeness (QED) is 0.508. The van der Waals surface area contributed by atoms with E-state index in [1.807, 2.05) is 12.1 Å². The number of hydrogen-bond acceptors (Lipinski definition) is 8. The Hall–Kier alpha value is -3.92. The third-order valence-electron chi connectivity index (χ3n) is 6.19. The topological polar surface area (TPSA) is 112 Å². The van der Waals surface area contributed by atoms with E-state index in [-0.39, 0.29) is 6.61 Å². The molecule has 2 aliphatic heterocycles. The van der Waals surface area contributed by atoms with E-state index in [2.05, 4.69) is 21.6 Å². The summed E-state index contributed by atoms with van der Waals surface area (Å²) in [5.41, 5.74) is 2.81. The monoisotopic (exact) mass is 497 g/mol. The van der Waals surface area contributed by atoms with Gasteiger partial charge in [0, 0.05) is 37.5 Å². The minimum atomic E-state index is -0.730. The minimum Gasteiger partial charge on any atom is -0.496 e. The van der Waals surface area contributed by atoms with Gasteiger partial charge in [0.1, 0.15) is 29.1 Å². The molecule has 2 N–H and O–H groups in total. The molecule has 192 valence electrons. The van der Waals surface area contributed by atoms with Crippen molar-refractivity contribution >= 4 is 17.6 Å². The molecule has 0 fully saturated rings. The molecule has 1 aromatic carbocycles. The van der Waals surface area contributed by atoms with Crippen LogP contribution in [0.5, 0.6) is 17.2 Å². The molecule has 10 nitrogen and oxygen atoms in total. The number of methoxy groups -OCH3 is 3. The molecule has 2 amide bonds. The van der Waals surface area contributed by atoms with Crippen molar-refractivity contribution in [2.45, 2.75) is 19.4 Å². The number of benzene rings is 1. The van der Waals surface area contributed by atoms with E-state index < -0.39 is 18.0 Å². The highest BCUT2D eigenvalue weighted by Crippen LogP contribution is 2.41. The maximum atomic E-state index is 12.9. The van der Waals surface area contributed by atoms with Crippen molar-refractivity contribution in [3.63, 3.8) is 0 Å². The summed E-state index contributed by atoms with van der Waals surface area (Å²) in [5, 5.41) is 5.58. The Labute approximate surface area is 209 Å². The summed E-state index contributed by atoms with van der Waals surface area (Å²) >= 11 is 0. The van der Waals surface area contributed by atoms with Crippen LogP contribution in [0, 0.1) is 0 Å². The molecule has 0 saturated carbocycles. The van der Waals surface area contributed by atoms with Gasteiger partial charge in [-0.3, -0.25) is 4.90 Å². The SMILES string of the molecule is CCOC(=O)C1=C(CN2CC=C(c3c(OC)cc(OC)cc3OC)CC2)NC(=O)NC1c1ccco1. The molecule has 4 rings (SSSR count). The summed E-state index contributed by atoms with van der Waals surface area (Å²) in [7, 11) is 4.83. The summed E-state index contributed by atoms with van der Waals surface area (Å²) in [5.74, 6) is 1.96. The number of rotatable bonds is 9. The van der Waals surface area contributed by atoms with Crippen molar-refractivity contribution in [2.24, 2.45) is 0 Å². The van der Waals surface area contributed by atoms with E-state index in [4.69, 9.17) is 23.4 Å². The van der Waals surface area contributed by atoms with Gasteiger partial charge in [-0.15, -0.1) is 0 Å². The highest BCUT2D eigenvalue weighted by molar-refractivity contribution is 5.95. The van der Waals surface area contributed by atoms with Crippen LogP contribution in [-0.4, -0.2) is 64.5 Å². The second kappa shape index (κ2) is 11.2. The Balaban J connectivity index is 1.61. The van der Waals surface area contributed by atoms with Gasteiger partial charge >= 0.3 is 12.0 Å². The molecule has 0 bridgehead atoms. The molecule has 1 aromatic heterocycles. The van der Waals surface area contributed by atoms with Crippen LogP contribution in [0.2, 0.25) is 0 Å². The Morgan fingerprint density at radius 2 is 1.92 bits per heavy atom. The molecule has 0 saturated heterocycles. The molecule has 0 radical (unpaired) electrons. The van der Waals surface area contributed by atoms with Crippen molar-refractivity contribution in [3.8, 4) is 17.2 Å². The summed E-state index contributed by atoms with van der Waals surface area (Å²) in [6, 6.07) is 5.97. The fourth-order valence-electron chi connectivity index (χ4n) is 4.49. The van der Waals surface area contributed by atoms with Gasteiger partial charge in [-0.2, -0.15) is 0 Å². The first-order valence-corrected chi connectivity index (χ1v) is 11.7. The second-order valence-electron chi connectivity index (χ2n) is 8.28. The molecule has 10 heteroatoms. The number of furan rings is 1. The van der Waals surface area contributed by atoms with E-state index in [1.54, 1.807) is 40.4 Å². The van der Waals surface area contributed by atoms with Crippen LogP contribution in [0.4, 0.5) is 4.79 Å². The minimum absolute atomic E-state index is 0.218. The van der Waals surface area contributed by atoms with Crippen molar-refractivity contribution in [2.75, 3.05) is 47.6 Å². The molecular weight excluding hydrogens is 466 g/mol. The maximum absolute atomic E-state index is 12.9. The van der Waals surface area contributed by atoms with Crippen LogP contribution in [0.25, 0.3) is 5.57 Å². The number of ether oxygens (including phenoxy) is 4. The normalized spacial score (nSPS) is 18.2. The first-order chi connectivity index (χ1) is 17.5. The number of nitrogens with one attached hydrogen (secondary N) is 2. The molecule has 36 heavy (non-hydrogen) atoms. The van der Waals surface area contributed by atoms with Crippen molar-refractivity contribution in [3.05, 3.63) is 59.2 Å². The van der Waals surface area contributed by atoms with Crippen molar-refractivity contribution in [1.29, 1.82) is 0 Å². The highest BCUT2D eigenvalue weighted by atomic mass is 16.5. The number of carbonyl (C=O) groups excluding carboxylic acids is 2. The molecule has 2 aliphatic rings. The predicted molar refractivity (Wildman–Crippen MR) is 132 cm³/mol. The van der Waals surface area contributed by atoms with Crippen LogP contribution in [0.15, 0.2) is 52.3 Å². The number of amides is 2. The fraction of sp³-hybridized carbons (Fsp3) is 0.385. The smallest absolute Gasteiger partial charge is 0.338 e. The molecule has 1 atom stereocenters. The number of carbonyl (C=O) groups is 2. The summed E-state index contributed by atoms with van der Waals surface area (Å²) in [6.07, 6.45) is 4.33. The third kappa shape index (κ3) is 5.18. The van der Waals surface area contributed by atoms with Crippen LogP contribution >= 0.6 is 0 Å². The van der Waals surface area contributed by atoms with Crippen LogP contribution in [-0.2, 0) is 9.53 Å². The van der Waals surface area contributed by atoms with E-state index in [9.17, 15) is 9.59 Å². The number of nitrogens with zero attached hydrogens (tertiary/aromatic N) is 1. The Bertz CT molecular complexity index is 1150. The lowest BCUT2D eigenvalue weighted by Gasteiger charge is -2.32. The van der Waals surface area contributed by atoms with Crippen LogP contribution in [0.1, 0.15) is 30.7 Å². The van der Waals surface area contributed by atoms with Gasteiger partial charge in [-0.1, -0.05) is 6.08 Å². The zero-order chi connectivity index (χ0) is 25.7. The Morgan fingerprint density at radius 3 is 2.47 bits per heavy atom. The van der Waals surface area contributed by atoms with E-state index in [0.717, 1.165) is 17.6 Å². The van der Waals surface area contributed by atoms with Gasteiger partial charge in [0.25, 0.3) is 0 Å². The van der Waals surface area contributed by atoms with Crippen molar-refractivity contribution < 1.29 is 33.0 Å². The molecule has 0 spiro atoms. The first kappa shape index (κ1) is 25.2. The molecule has 0 aliphatic carbocycles. The van der Waals surface area contributed by atoms with Crippen LogP contribution in [0.3, 0.4) is 0 Å². The van der Waals surface area contributed by atoms with E-state index in [1.165, 1.54) is 6.26 Å². The number of urea groups is 1. The van der Waals surface area contributed by atoms with Gasteiger partial charge < -0.3 is 34.0 Å². The van der Waals surface area contributed by atoms with E-state index in [0.29, 0.717) is 53.9 Å². The third-order valence-corrected chi connectivity index (χ3v) is 6.19. The lowest BCUT2D eigenvalue weighted by Crippen LogP contribution is -2.48. The van der Waals surface area contributed by atoms with Crippen LogP contribution < -0.4 is 24.8 Å². The summed E-state index contributed by atoms with van der Waals surface area (Å²) in [6.45, 7) is 3.61. The zero-order valence-corrected chi connectivity index (χ0v) is 20.9. The number of esters is 1. The first-order valence-electron chi connectivity index (χ1n) is 11.7. The maximum Gasteiger partial charge on any atom is 0.338 e. The van der Waals surface area contributed by atoms with E-state index >= 15 is 0 Å². The molecular formula is C26H31N3O7. The predicted octanol–water partition coefficient (Wildman–Crippen LogP) is 3.27. The molecule has 2 aromatic rings. The second-order valence-corrected chi connectivity index (χ2v) is 8.28. The average Bonchev–Trinajstić information content (AvgIpc) is 3.43. The van der Waals surface area contributed by atoms with Gasteiger partial charge in [0.2, 0.25) is 0 Å². The summed E-state index contributed by atoms with van der Waals surface area (Å²) < 4.78 is 27.4.